The molecule has 0 radical (unpaired) electrons. The third kappa shape index (κ3) is 3.71. The van der Waals surface area contributed by atoms with E-state index in [1.165, 1.54) is 0 Å². The van der Waals surface area contributed by atoms with Gasteiger partial charge in [-0.05, 0) is 32.9 Å². The predicted octanol–water partition coefficient (Wildman–Crippen LogP) is 0.786. The lowest BCUT2D eigenvalue weighted by atomic mass is 10.3. The molecule has 5 nitrogen and oxygen atoms in total. The third-order valence-electron chi connectivity index (χ3n) is 2.25. The lowest BCUT2D eigenvalue weighted by Gasteiger charge is -2.15. The molecular formula is C12H18N2O3. The molecule has 1 aromatic rings. The summed E-state index contributed by atoms with van der Waals surface area (Å²) in [6.45, 7) is 5.68. The Kier molecular flexibility index (Phi) is 4.90. The number of likely N-dealkylation sites (N-methyl/N-ethyl adjacent to an activating group) is 1. The van der Waals surface area contributed by atoms with Crippen molar-refractivity contribution >= 4 is 5.91 Å². The van der Waals surface area contributed by atoms with E-state index in [0.717, 1.165) is 5.69 Å². The number of carbonyl (C=O) groups is 1. The number of aromatic nitrogens is 1. The highest BCUT2D eigenvalue weighted by Gasteiger charge is 2.15. The summed E-state index contributed by atoms with van der Waals surface area (Å²) in [7, 11) is 0. The van der Waals surface area contributed by atoms with E-state index in [4.69, 9.17) is 9.84 Å². The van der Waals surface area contributed by atoms with E-state index in [1.807, 2.05) is 13.8 Å². The van der Waals surface area contributed by atoms with Crippen molar-refractivity contribution in [2.75, 3.05) is 6.54 Å². The van der Waals surface area contributed by atoms with E-state index in [2.05, 4.69) is 10.3 Å². The summed E-state index contributed by atoms with van der Waals surface area (Å²) in [5, 5.41) is 11.8. The molecule has 0 bridgehead atoms. The molecule has 1 aromatic heterocycles. The van der Waals surface area contributed by atoms with Crippen molar-refractivity contribution in [3.8, 4) is 5.75 Å². The van der Waals surface area contributed by atoms with Gasteiger partial charge in [0.05, 0.1) is 6.61 Å². The molecule has 0 aromatic carbocycles. The number of rotatable bonds is 5. The van der Waals surface area contributed by atoms with Gasteiger partial charge in [-0.3, -0.25) is 9.78 Å². The first-order chi connectivity index (χ1) is 8.08. The summed E-state index contributed by atoms with van der Waals surface area (Å²) < 4.78 is 5.47. The zero-order valence-electron chi connectivity index (χ0n) is 10.4. The van der Waals surface area contributed by atoms with E-state index in [1.54, 1.807) is 19.1 Å². The monoisotopic (exact) mass is 238 g/mol. The maximum absolute atomic E-state index is 11.5. The number of ether oxygens (including phenoxy) is 1. The average Bonchev–Trinajstić information content (AvgIpc) is 2.31. The summed E-state index contributed by atoms with van der Waals surface area (Å²) >= 11 is 0. The van der Waals surface area contributed by atoms with Crippen LogP contribution in [0.4, 0.5) is 0 Å². The highest BCUT2D eigenvalue weighted by atomic mass is 16.5. The van der Waals surface area contributed by atoms with Crippen LogP contribution in [0.2, 0.25) is 0 Å². The largest absolute Gasteiger partial charge is 0.479 e. The molecule has 0 aliphatic heterocycles. The standard InChI is InChI=1S/C12H18N2O3/c1-4-13-12(16)9(3)17-11-6-5-8(2)14-10(11)7-15/h5-6,9,15H,4,7H2,1-3H3,(H,13,16). The molecule has 94 valence electrons. The Labute approximate surface area is 101 Å². The fourth-order valence-corrected chi connectivity index (χ4v) is 1.38. The van der Waals surface area contributed by atoms with Crippen LogP contribution in [0.3, 0.4) is 0 Å². The highest BCUT2D eigenvalue weighted by Crippen LogP contribution is 2.18. The lowest BCUT2D eigenvalue weighted by molar-refractivity contribution is -0.127. The van der Waals surface area contributed by atoms with Crippen molar-refractivity contribution in [2.45, 2.75) is 33.5 Å². The van der Waals surface area contributed by atoms with E-state index >= 15 is 0 Å². The smallest absolute Gasteiger partial charge is 0.260 e. The van der Waals surface area contributed by atoms with Gasteiger partial charge in [-0.1, -0.05) is 0 Å². The lowest BCUT2D eigenvalue weighted by Crippen LogP contribution is -2.36. The predicted molar refractivity (Wildman–Crippen MR) is 63.7 cm³/mol. The molecule has 0 aliphatic carbocycles. The van der Waals surface area contributed by atoms with Crippen molar-refractivity contribution in [1.29, 1.82) is 0 Å². The van der Waals surface area contributed by atoms with Gasteiger partial charge in [-0.15, -0.1) is 0 Å². The summed E-state index contributed by atoms with van der Waals surface area (Å²) in [6, 6.07) is 3.49. The second-order valence-corrected chi connectivity index (χ2v) is 3.71. The molecule has 0 spiro atoms. The fraction of sp³-hybridized carbons (Fsp3) is 0.500. The van der Waals surface area contributed by atoms with Crippen LogP contribution < -0.4 is 10.1 Å². The molecule has 2 N–H and O–H groups in total. The summed E-state index contributed by atoms with van der Waals surface area (Å²) in [4.78, 5) is 15.6. The van der Waals surface area contributed by atoms with Crippen LogP contribution in [-0.2, 0) is 11.4 Å². The van der Waals surface area contributed by atoms with Gasteiger partial charge in [-0.2, -0.15) is 0 Å². The number of hydrogen-bond donors (Lipinski definition) is 2. The number of nitrogens with zero attached hydrogens (tertiary/aromatic N) is 1. The minimum atomic E-state index is -0.607. The summed E-state index contributed by atoms with van der Waals surface area (Å²) in [5.41, 5.74) is 1.24. The Morgan fingerprint density at radius 2 is 2.29 bits per heavy atom. The third-order valence-corrected chi connectivity index (χ3v) is 2.25. The van der Waals surface area contributed by atoms with E-state index in [0.29, 0.717) is 18.0 Å². The van der Waals surface area contributed by atoms with Crippen molar-refractivity contribution in [3.63, 3.8) is 0 Å². The van der Waals surface area contributed by atoms with Crippen molar-refractivity contribution < 1.29 is 14.6 Å². The average molecular weight is 238 g/mol. The van der Waals surface area contributed by atoms with Crippen LogP contribution in [0.1, 0.15) is 25.2 Å². The maximum Gasteiger partial charge on any atom is 0.260 e. The molecule has 0 saturated heterocycles. The second kappa shape index (κ2) is 6.20. The van der Waals surface area contributed by atoms with E-state index in [9.17, 15) is 4.79 Å². The molecule has 1 amide bonds. The number of nitrogens with one attached hydrogen (secondary N) is 1. The summed E-state index contributed by atoms with van der Waals surface area (Å²) in [5.74, 6) is 0.258. The van der Waals surface area contributed by atoms with E-state index in [-0.39, 0.29) is 12.5 Å². The van der Waals surface area contributed by atoms with Crippen LogP contribution in [-0.4, -0.2) is 28.6 Å². The minimum Gasteiger partial charge on any atom is -0.479 e. The molecule has 0 saturated carbocycles. The molecular weight excluding hydrogens is 220 g/mol. The summed E-state index contributed by atoms with van der Waals surface area (Å²) in [6.07, 6.45) is -0.607. The van der Waals surface area contributed by atoms with Gasteiger partial charge in [0.25, 0.3) is 5.91 Å². The Morgan fingerprint density at radius 1 is 1.59 bits per heavy atom. The molecule has 17 heavy (non-hydrogen) atoms. The van der Waals surface area contributed by atoms with Crippen LogP contribution in [0, 0.1) is 6.92 Å². The number of pyridine rings is 1. The van der Waals surface area contributed by atoms with Crippen LogP contribution in [0.15, 0.2) is 12.1 Å². The van der Waals surface area contributed by atoms with Crippen LogP contribution in [0.5, 0.6) is 5.75 Å². The van der Waals surface area contributed by atoms with Crippen molar-refractivity contribution in [2.24, 2.45) is 0 Å². The molecule has 5 heteroatoms. The Morgan fingerprint density at radius 3 is 2.88 bits per heavy atom. The zero-order chi connectivity index (χ0) is 12.8. The SMILES string of the molecule is CCNC(=O)C(C)Oc1ccc(C)nc1CO. The van der Waals surface area contributed by atoms with Gasteiger partial charge in [0.1, 0.15) is 11.4 Å². The molecule has 1 heterocycles. The Bertz CT molecular complexity index is 393. The number of hydrogen-bond acceptors (Lipinski definition) is 4. The minimum absolute atomic E-state index is 0.183. The van der Waals surface area contributed by atoms with Gasteiger partial charge in [0.2, 0.25) is 0 Å². The number of amides is 1. The first-order valence-electron chi connectivity index (χ1n) is 5.60. The van der Waals surface area contributed by atoms with Gasteiger partial charge >= 0.3 is 0 Å². The first-order valence-corrected chi connectivity index (χ1v) is 5.60. The first kappa shape index (κ1) is 13.4. The molecule has 0 fully saturated rings. The highest BCUT2D eigenvalue weighted by molar-refractivity contribution is 5.80. The number of aliphatic hydroxyl groups excluding tert-OH is 1. The van der Waals surface area contributed by atoms with Gasteiger partial charge in [0.15, 0.2) is 6.10 Å². The second-order valence-electron chi connectivity index (χ2n) is 3.71. The van der Waals surface area contributed by atoms with Crippen LogP contribution in [0.25, 0.3) is 0 Å². The Hall–Kier alpha value is -1.62. The number of carbonyl (C=O) groups excluding carboxylic acids is 1. The molecule has 1 unspecified atom stereocenters. The van der Waals surface area contributed by atoms with Gasteiger partial charge in [-0.25, -0.2) is 0 Å². The quantitative estimate of drug-likeness (QED) is 0.795. The van der Waals surface area contributed by atoms with Gasteiger partial charge < -0.3 is 15.2 Å². The van der Waals surface area contributed by atoms with Crippen LogP contribution >= 0.6 is 0 Å². The molecule has 0 aliphatic rings. The fourth-order valence-electron chi connectivity index (χ4n) is 1.38. The van der Waals surface area contributed by atoms with E-state index < -0.39 is 6.10 Å². The zero-order valence-corrected chi connectivity index (χ0v) is 10.4. The van der Waals surface area contributed by atoms with Crippen molar-refractivity contribution in [1.82, 2.24) is 10.3 Å². The van der Waals surface area contributed by atoms with Crippen molar-refractivity contribution in [3.05, 3.63) is 23.5 Å². The number of aryl methyl sites for hydroxylation is 1. The molecule has 1 atom stereocenters. The normalized spacial score (nSPS) is 12.0. The van der Waals surface area contributed by atoms with Gasteiger partial charge in [0, 0.05) is 12.2 Å². The number of aliphatic hydroxyl groups is 1. The molecule has 1 rings (SSSR count). The topological polar surface area (TPSA) is 71.5 Å². The maximum atomic E-state index is 11.5. The Balaban J connectivity index is 2.77.